The second kappa shape index (κ2) is 13.3. The summed E-state index contributed by atoms with van der Waals surface area (Å²) in [6.45, 7) is 1.55. The molecule has 5 heteroatoms. The van der Waals surface area contributed by atoms with Gasteiger partial charge in [0.15, 0.2) is 0 Å². The van der Waals surface area contributed by atoms with Gasteiger partial charge in [-0.3, -0.25) is 4.79 Å². The van der Waals surface area contributed by atoms with Crippen LogP contribution in [0.3, 0.4) is 0 Å². The van der Waals surface area contributed by atoms with E-state index in [1.54, 1.807) is 4.90 Å². The highest BCUT2D eigenvalue weighted by molar-refractivity contribution is 5.91. The molecule has 1 N–H and O–H groups in total. The lowest BCUT2D eigenvalue weighted by Crippen LogP contribution is -2.50. The zero-order valence-electron chi connectivity index (χ0n) is 20.0. The van der Waals surface area contributed by atoms with Crippen LogP contribution in [0, 0.1) is 0 Å². The first-order valence-electron chi connectivity index (χ1n) is 11.8. The van der Waals surface area contributed by atoms with E-state index in [-0.39, 0.29) is 11.9 Å². The van der Waals surface area contributed by atoms with Crippen LogP contribution in [0.1, 0.15) is 41.9 Å². The van der Waals surface area contributed by atoms with E-state index in [4.69, 9.17) is 4.74 Å². The first kappa shape index (κ1) is 25.2. The molecule has 0 spiro atoms. The van der Waals surface area contributed by atoms with Gasteiger partial charge in [0.05, 0.1) is 13.0 Å². The number of rotatable bonds is 6. The van der Waals surface area contributed by atoms with Gasteiger partial charge in [0, 0.05) is 13.1 Å². The average molecular weight is 459 g/mol. The summed E-state index contributed by atoms with van der Waals surface area (Å²) in [6.07, 6.45) is 2.51. The number of likely N-dealkylation sites (tertiary alicyclic amines) is 1. The minimum Gasteiger partial charge on any atom is -0.467 e. The van der Waals surface area contributed by atoms with Gasteiger partial charge in [0.2, 0.25) is 5.91 Å². The van der Waals surface area contributed by atoms with Gasteiger partial charge in [-0.25, -0.2) is 4.79 Å². The van der Waals surface area contributed by atoms with Gasteiger partial charge in [-0.1, -0.05) is 91.0 Å². The van der Waals surface area contributed by atoms with Crippen LogP contribution in [0.2, 0.25) is 0 Å². The Morgan fingerprint density at radius 1 is 0.882 bits per heavy atom. The number of amides is 1. The molecule has 0 saturated carbocycles. The standard InChI is InChI=1S/C21H23NO3.C8H11N/c1-25-21(24)18-14-8-9-15-22(18)20(23)19(16-10-4-2-5-11-16)17-12-6-3-7-13-17;1-9-7-8-5-3-2-4-6-8/h2-7,10-13,18-19H,8-9,14-15H2,1H3;2-6,9H,7H2,1H3. The number of carbonyl (C=O) groups is 2. The molecule has 1 atom stereocenters. The molecule has 1 amide bonds. The fourth-order valence-corrected chi connectivity index (χ4v) is 4.31. The molecule has 0 aromatic heterocycles. The van der Waals surface area contributed by atoms with Crippen molar-refractivity contribution >= 4 is 11.9 Å². The SMILES string of the molecule is CNCc1ccccc1.COC(=O)C1CCCCN1C(=O)C(c1ccccc1)c1ccccc1. The van der Waals surface area contributed by atoms with Crippen LogP contribution in [0.15, 0.2) is 91.0 Å². The Morgan fingerprint density at radius 3 is 1.91 bits per heavy atom. The van der Waals surface area contributed by atoms with Crippen LogP contribution in [0.25, 0.3) is 0 Å². The first-order chi connectivity index (χ1) is 16.7. The van der Waals surface area contributed by atoms with E-state index in [1.807, 2.05) is 85.9 Å². The maximum absolute atomic E-state index is 13.4. The summed E-state index contributed by atoms with van der Waals surface area (Å²) in [7, 11) is 3.33. The van der Waals surface area contributed by atoms with Crippen molar-refractivity contribution in [1.29, 1.82) is 0 Å². The highest BCUT2D eigenvalue weighted by Crippen LogP contribution is 2.30. The Bertz CT molecular complexity index is 970. The van der Waals surface area contributed by atoms with Crippen molar-refractivity contribution in [2.75, 3.05) is 20.7 Å². The van der Waals surface area contributed by atoms with E-state index in [9.17, 15) is 9.59 Å². The summed E-state index contributed by atoms with van der Waals surface area (Å²) in [6, 6.07) is 29.3. The number of hydrogen-bond acceptors (Lipinski definition) is 4. The second-order valence-corrected chi connectivity index (χ2v) is 8.34. The fraction of sp³-hybridized carbons (Fsp3) is 0.310. The first-order valence-corrected chi connectivity index (χ1v) is 11.8. The van der Waals surface area contributed by atoms with Gasteiger partial charge in [0.1, 0.15) is 6.04 Å². The molecule has 0 bridgehead atoms. The van der Waals surface area contributed by atoms with Gasteiger partial charge in [-0.2, -0.15) is 0 Å². The predicted octanol–water partition coefficient (Wildman–Crippen LogP) is 4.78. The van der Waals surface area contributed by atoms with Crippen LogP contribution in [-0.2, 0) is 20.9 Å². The number of nitrogens with one attached hydrogen (secondary N) is 1. The highest BCUT2D eigenvalue weighted by atomic mass is 16.5. The molecule has 0 radical (unpaired) electrons. The molecule has 1 aliphatic heterocycles. The summed E-state index contributed by atoms with van der Waals surface area (Å²) in [5.74, 6) is -0.770. The number of nitrogens with zero attached hydrogens (tertiary/aromatic N) is 1. The Kier molecular flexibility index (Phi) is 9.86. The third-order valence-corrected chi connectivity index (χ3v) is 6.00. The second-order valence-electron chi connectivity index (χ2n) is 8.34. The smallest absolute Gasteiger partial charge is 0.328 e. The summed E-state index contributed by atoms with van der Waals surface area (Å²) in [5, 5.41) is 3.08. The molecule has 1 aliphatic rings. The van der Waals surface area contributed by atoms with Crippen LogP contribution >= 0.6 is 0 Å². The van der Waals surface area contributed by atoms with E-state index in [0.717, 1.165) is 30.5 Å². The fourth-order valence-electron chi connectivity index (χ4n) is 4.31. The van der Waals surface area contributed by atoms with Crippen molar-refractivity contribution < 1.29 is 14.3 Å². The number of piperidine rings is 1. The average Bonchev–Trinajstić information content (AvgIpc) is 2.91. The molecule has 34 heavy (non-hydrogen) atoms. The summed E-state index contributed by atoms with van der Waals surface area (Å²) >= 11 is 0. The number of ether oxygens (including phenoxy) is 1. The minimum atomic E-state index is -0.485. The van der Waals surface area contributed by atoms with Gasteiger partial charge in [0.25, 0.3) is 0 Å². The highest BCUT2D eigenvalue weighted by Gasteiger charge is 2.37. The van der Waals surface area contributed by atoms with E-state index in [2.05, 4.69) is 17.4 Å². The molecule has 1 unspecified atom stereocenters. The minimum absolute atomic E-state index is 0.0347. The van der Waals surface area contributed by atoms with Gasteiger partial charge < -0.3 is 15.0 Å². The summed E-state index contributed by atoms with van der Waals surface area (Å²) < 4.78 is 4.93. The van der Waals surface area contributed by atoms with Crippen LogP contribution < -0.4 is 5.32 Å². The summed E-state index contributed by atoms with van der Waals surface area (Å²) in [5.41, 5.74) is 3.21. The third kappa shape index (κ3) is 6.78. The van der Waals surface area contributed by atoms with Crippen molar-refractivity contribution in [3.8, 4) is 0 Å². The molecule has 4 rings (SSSR count). The van der Waals surface area contributed by atoms with Crippen molar-refractivity contribution in [3.05, 3.63) is 108 Å². The molecule has 5 nitrogen and oxygen atoms in total. The molecule has 1 fully saturated rings. The molecule has 3 aromatic carbocycles. The van der Waals surface area contributed by atoms with Crippen LogP contribution in [0.4, 0.5) is 0 Å². The van der Waals surface area contributed by atoms with Gasteiger partial charge >= 0.3 is 5.97 Å². The Hall–Kier alpha value is -3.44. The lowest BCUT2D eigenvalue weighted by atomic mass is 9.88. The zero-order chi connectivity index (χ0) is 24.2. The number of hydrogen-bond donors (Lipinski definition) is 1. The normalized spacial score (nSPS) is 15.3. The topological polar surface area (TPSA) is 58.6 Å². The van der Waals surface area contributed by atoms with E-state index < -0.39 is 12.0 Å². The monoisotopic (exact) mass is 458 g/mol. The van der Waals surface area contributed by atoms with E-state index >= 15 is 0 Å². The molecule has 1 saturated heterocycles. The van der Waals surface area contributed by atoms with Crippen molar-refractivity contribution in [3.63, 3.8) is 0 Å². The number of methoxy groups -OCH3 is 1. The van der Waals surface area contributed by atoms with Crippen LogP contribution in [-0.4, -0.2) is 43.5 Å². The predicted molar refractivity (Wildman–Crippen MR) is 135 cm³/mol. The maximum Gasteiger partial charge on any atom is 0.328 e. The quantitative estimate of drug-likeness (QED) is 0.540. The number of benzene rings is 3. The van der Waals surface area contributed by atoms with Crippen LogP contribution in [0.5, 0.6) is 0 Å². The summed E-state index contributed by atoms with van der Waals surface area (Å²) in [4.78, 5) is 27.3. The molecule has 1 heterocycles. The van der Waals surface area contributed by atoms with Crippen molar-refractivity contribution in [1.82, 2.24) is 10.2 Å². The molecule has 3 aromatic rings. The Morgan fingerprint density at radius 2 is 1.41 bits per heavy atom. The number of esters is 1. The van der Waals surface area contributed by atoms with Gasteiger partial charge in [-0.05, 0) is 43.0 Å². The molecule has 178 valence electrons. The third-order valence-electron chi connectivity index (χ3n) is 6.00. The van der Waals surface area contributed by atoms with E-state index in [0.29, 0.717) is 13.0 Å². The lowest BCUT2D eigenvalue weighted by Gasteiger charge is -2.36. The van der Waals surface area contributed by atoms with Gasteiger partial charge in [-0.15, -0.1) is 0 Å². The Labute approximate surface area is 202 Å². The van der Waals surface area contributed by atoms with Crippen molar-refractivity contribution in [2.24, 2.45) is 0 Å². The lowest BCUT2D eigenvalue weighted by molar-refractivity contribution is -0.154. The zero-order valence-corrected chi connectivity index (χ0v) is 20.0. The largest absolute Gasteiger partial charge is 0.467 e. The molecule has 0 aliphatic carbocycles. The van der Waals surface area contributed by atoms with Crippen molar-refractivity contribution in [2.45, 2.75) is 37.8 Å². The molecular weight excluding hydrogens is 424 g/mol. The van der Waals surface area contributed by atoms with E-state index in [1.165, 1.54) is 12.7 Å². The maximum atomic E-state index is 13.4. The number of carbonyl (C=O) groups excluding carboxylic acids is 2. The Balaban J connectivity index is 0.000000302. The molecular formula is C29H34N2O3.